The van der Waals surface area contributed by atoms with Crippen molar-refractivity contribution in [2.75, 3.05) is 0 Å². The molecule has 0 unspecified atom stereocenters. The Morgan fingerprint density at radius 1 is 0.862 bits per heavy atom. The molecular formula is C25H34O4. The van der Waals surface area contributed by atoms with Gasteiger partial charge in [0.2, 0.25) is 0 Å². The maximum atomic E-state index is 11.3. The second-order valence-corrected chi connectivity index (χ2v) is 8.14. The Morgan fingerprint density at radius 2 is 1.31 bits per heavy atom. The number of hydrogen-bond donors (Lipinski definition) is 3. The number of carboxylic acids is 1. The maximum Gasteiger partial charge on any atom is 0.303 e. The third-order valence-electron chi connectivity index (χ3n) is 5.79. The predicted octanol–water partition coefficient (Wildman–Crippen LogP) is 5.95. The molecule has 0 saturated carbocycles. The molecule has 0 heterocycles. The summed E-state index contributed by atoms with van der Waals surface area (Å²) in [6, 6.07) is 11.3. The van der Waals surface area contributed by atoms with Crippen molar-refractivity contribution in [3.8, 4) is 11.5 Å². The van der Waals surface area contributed by atoms with E-state index < -0.39 is 11.4 Å². The van der Waals surface area contributed by atoms with Crippen LogP contribution in [0, 0.1) is 0 Å². The van der Waals surface area contributed by atoms with E-state index in [0.29, 0.717) is 11.1 Å². The number of unbranched alkanes of at least 4 members (excludes halogenated alkanes) is 2. The topological polar surface area (TPSA) is 77.8 Å². The van der Waals surface area contributed by atoms with Gasteiger partial charge in [0.05, 0.1) is 0 Å². The van der Waals surface area contributed by atoms with Crippen LogP contribution in [0.5, 0.6) is 11.5 Å². The molecule has 0 aliphatic rings. The third-order valence-corrected chi connectivity index (χ3v) is 5.79. The third kappa shape index (κ3) is 5.75. The summed E-state index contributed by atoms with van der Waals surface area (Å²) >= 11 is 0. The van der Waals surface area contributed by atoms with Crippen LogP contribution < -0.4 is 0 Å². The highest BCUT2D eigenvalue weighted by Crippen LogP contribution is 2.44. The summed E-state index contributed by atoms with van der Waals surface area (Å²) in [6.07, 6.45) is 6.29. The molecule has 0 amide bonds. The largest absolute Gasteiger partial charge is 0.508 e. The number of carboxylic acid groups (broad SMARTS) is 1. The van der Waals surface area contributed by atoms with Crippen LogP contribution in [0.1, 0.15) is 81.5 Å². The Hall–Kier alpha value is -2.49. The van der Waals surface area contributed by atoms with Crippen molar-refractivity contribution < 1.29 is 20.1 Å². The summed E-state index contributed by atoms with van der Waals surface area (Å²) in [5, 5.41) is 30.8. The van der Waals surface area contributed by atoms with Crippen molar-refractivity contribution in [1.29, 1.82) is 0 Å². The molecule has 0 saturated heterocycles. The van der Waals surface area contributed by atoms with Crippen molar-refractivity contribution in [3.63, 3.8) is 0 Å². The van der Waals surface area contributed by atoms with Gasteiger partial charge in [-0.15, -0.1) is 0 Å². The molecule has 2 rings (SSSR count). The fraction of sp³-hybridized carbons (Fsp3) is 0.480. The molecule has 29 heavy (non-hydrogen) atoms. The van der Waals surface area contributed by atoms with E-state index in [-0.39, 0.29) is 24.3 Å². The van der Waals surface area contributed by atoms with E-state index in [1.165, 1.54) is 0 Å². The van der Waals surface area contributed by atoms with Crippen LogP contribution >= 0.6 is 0 Å². The number of phenolic OH excluding ortho intramolecular Hbond substituents is 2. The molecule has 0 aliphatic carbocycles. The zero-order valence-electron chi connectivity index (χ0n) is 17.9. The summed E-state index contributed by atoms with van der Waals surface area (Å²) in [4.78, 5) is 11.3. The van der Waals surface area contributed by atoms with Crippen molar-refractivity contribution >= 4 is 5.97 Å². The van der Waals surface area contributed by atoms with E-state index >= 15 is 0 Å². The first-order valence-corrected chi connectivity index (χ1v) is 10.7. The van der Waals surface area contributed by atoms with E-state index in [9.17, 15) is 20.1 Å². The first-order valence-electron chi connectivity index (χ1n) is 10.7. The molecule has 2 aromatic rings. The van der Waals surface area contributed by atoms with Crippen molar-refractivity contribution in [3.05, 3.63) is 58.7 Å². The first-order chi connectivity index (χ1) is 13.8. The van der Waals surface area contributed by atoms with Gasteiger partial charge in [-0.1, -0.05) is 57.9 Å². The monoisotopic (exact) mass is 398 g/mol. The van der Waals surface area contributed by atoms with Gasteiger partial charge in [0.15, 0.2) is 0 Å². The molecule has 0 fully saturated rings. The van der Waals surface area contributed by atoms with Gasteiger partial charge in [-0.2, -0.15) is 0 Å². The number of carbonyl (C=O) groups is 1. The molecule has 2 aromatic carbocycles. The number of phenols is 2. The van der Waals surface area contributed by atoms with Gasteiger partial charge in [0, 0.05) is 23.0 Å². The standard InChI is InChI=1S/C25H34O4/c1-4-6-8-18-10-12-20(22(26)16-18)25(3,15-14-24(28)29)21-13-11-19(9-7-5-2)17-23(21)27/h10-13,16-17,26-27H,4-9,14-15H2,1-3H3,(H,28,29). The highest BCUT2D eigenvalue weighted by atomic mass is 16.4. The number of aromatic hydroxyl groups is 2. The number of aryl methyl sites for hydroxylation is 2. The van der Waals surface area contributed by atoms with Crippen molar-refractivity contribution in [1.82, 2.24) is 0 Å². The van der Waals surface area contributed by atoms with E-state index in [4.69, 9.17) is 0 Å². The minimum Gasteiger partial charge on any atom is -0.508 e. The lowest BCUT2D eigenvalue weighted by Gasteiger charge is -2.32. The Kier molecular flexibility index (Phi) is 8.12. The van der Waals surface area contributed by atoms with Gasteiger partial charge in [-0.25, -0.2) is 0 Å². The van der Waals surface area contributed by atoms with Crippen LogP contribution in [-0.2, 0) is 23.1 Å². The first kappa shape index (κ1) is 22.8. The zero-order valence-corrected chi connectivity index (χ0v) is 17.9. The van der Waals surface area contributed by atoms with Crippen LogP contribution in [0.2, 0.25) is 0 Å². The Bertz CT molecular complexity index is 768. The van der Waals surface area contributed by atoms with Gasteiger partial charge in [0.1, 0.15) is 11.5 Å². The minimum absolute atomic E-state index is 0.0510. The van der Waals surface area contributed by atoms with Crippen LogP contribution in [0.4, 0.5) is 0 Å². The fourth-order valence-electron chi connectivity index (χ4n) is 3.93. The lowest BCUT2D eigenvalue weighted by Crippen LogP contribution is -2.25. The van der Waals surface area contributed by atoms with E-state index in [1.54, 1.807) is 12.1 Å². The Balaban J connectivity index is 2.47. The molecule has 0 spiro atoms. The smallest absolute Gasteiger partial charge is 0.303 e. The number of rotatable bonds is 11. The Morgan fingerprint density at radius 3 is 1.66 bits per heavy atom. The number of hydrogen-bond acceptors (Lipinski definition) is 3. The fourth-order valence-corrected chi connectivity index (χ4v) is 3.93. The zero-order chi connectivity index (χ0) is 21.4. The minimum atomic E-state index is -0.894. The predicted molar refractivity (Wildman–Crippen MR) is 117 cm³/mol. The van der Waals surface area contributed by atoms with Crippen LogP contribution in [0.15, 0.2) is 36.4 Å². The molecule has 0 atom stereocenters. The van der Waals surface area contributed by atoms with Gasteiger partial charge in [-0.05, 0) is 55.4 Å². The second kappa shape index (κ2) is 10.3. The van der Waals surface area contributed by atoms with Crippen LogP contribution in [0.3, 0.4) is 0 Å². The van der Waals surface area contributed by atoms with Gasteiger partial charge in [-0.3, -0.25) is 4.79 Å². The lowest BCUT2D eigenvalue weighted by atomic mass is 9.71. The van der Waals surface area contributed by atoms with E-state index in [2.05, 4.69) is 13.8 Å². The summed E-state index contributed by atoms with van der Waals surface area (Å²) in [5.74, 6) is -0.587. The molecule has 4 nitrogen and oxygen atoms in total. The molecule has 0 aromatic heterocycles. The average molecular weight is 399 g/mol. The summed E-state index contributed by atoms with van der Waals surface area (Å²) in [6.45, 7) is 6.16. The highest BCUT2D eigenvalue weighted by Gasteiger charge is 2.34. The van der Waals surface area contributed by atoms with Crippen LogP contribution in [-0.4, -0.2) is 21.3 Å². The van der Waals surface area contributed by atoms with Crippen LogP contribution in [0.25, 0.3) is 0 Å². The molecule has 0 bridgehead atoms. The molecule has 4 heteroatoms. The molecular weight excluding hydrogens is 364 g/mol. The van der Waals surface area contributed by atoms with Crippen molar-refractivity contribution in [2.45, 2.75) is 77.6 Å². The highest BCUT2D eigenvalue weighted by molar-refractivity contribution is 5.67. The normalized spacial score (nSPS) is 11.6. The maximum absolute atomic E-state index is 11.3. The molecule has 0 aliphatic heterocycles. The molecule has 158 valence electrons. The number of aliphatic carboxylic acids is 1. The summed E-state index contributed by atoms with van der Waals surface area (Å²) in [5.41, 5.74) is 2.62. The van der Waals surface area contributed by atoms with E-state index in [1.807, 2.05) is 31.2 Å². The quantitative estimate of drug-likeness (QED) is 0.437. The number of benzene rings is 2. The lowest BCUT2D eigenvalue weighted by molar-refractivity contribution is -0.137. The molecule has 3 N–H and O–H groups in total. The van der Waals surface area contributed by atoms with Gasteiger partial charge in [0.25, 0.3) is 0 Å². The summed E-state index contributed by atoms with van der Waals surface area (Å²) < 4.78 is 0. The van der Waals surface area contributed by atoms with Gasteiger partial charge < -0.3 is 15.3 Å². The molecule has 0 radical (unpaired) electrons. The Labute approximate surface area is 174 Å². The summed E-state index contributed by atoms with van der Waals surface area (Å²) in [7, 11) is 0. The van der Waals surface area contributed by atoms with Crippen molar-refractivity contribution in [2.24, 2.45) is 0 Å². The van der Waals surface area contributed by atoms with E-state index in [0.717, 1.165) is 49.7 Å². The van der Waals surface area contributed by atoms with Gasteiger partial charge >= 0.3 is 5.97 Å². The second-order valence-electron chi connectivity index (χ2n) is 8.14. The SMILES string of the molecule is CCCCc1ccc(C(C)(CCC(=O)O)c2ccc(CCCC)cc2O)c(O)c1. The average Bonchev–Trinajstić information content (AvgIpc) is 2.69.